The quantitative estimate of drug-likeness (QED) is 0.448. The van der Waals surface area contributed by atoms with E-state index in [-0.39, 0.29) is 19.0 Å². The van der Waals surface area contributed by atoms with Gasteiger partial charge in [0.25, 0.3) is 0 Å². The lowest BCUT2D eigenvalue weighted by molar-refractivity contribution is 0.0549. The summed E-state index contributed by atoms with van der Waals surface area (Å²) in [5.41, 5.74) is 0.355. The molecule has 0 unspecified atom stereocenters. The van der Waals surface area contributed by atoms with Gasteiger partial charge in [-0.15, -0.1) is 0 Å². The van der Waals surface area contributed by atoms with Crippen molar-refractivity contribution in [3.8, 4) is 5.75 Å². The lowest BCUT2D eigenvalue weighted by Crippen LogP contribution is -2.10. The molecule has 0 fully saturated rings. The monoisotopic (exact) mass is 262 g/mol. The first-order valence-corrected chi connectivity index (χ1v) is 5.51. The van der Waals surface area contributed by atoms with Gasteiger partial charge in [0.1, 0.15) is 19.0 Å². The molecule has 0 atom stereocenters. The van der Waals surface area contributed by atoms with Crippen molar-refractivity contribution >= 4 is 12.1 Å². The minimum atomic E-state index is -0.832. The minimum absolute atomic E-state index is 0.0742. The van der Waals surface area contributed by atoms with Gasteiger partial charge in [-0.2, -0.15) is 0 Å². The van der Waals surface area contributed by atoms with Gasteiger partial charge in [-0.25, -0.2) is 9.59 Å². The van der Waals surface area contributed by atoms with Crippen LogP contribution in [0.15, 0.2) is 49.6 Å². The molecule has 5 nitrogen and oxygen atoms in total. The second kappa shape index (κ2) is 7.71. The number of rotatable bonds is 6. The second-order valence-corrected chi connectivity index (χ2v) is 3.36. The van der Waals surface area contributed by atoms with Crippen LogP contribution >= 0.6 is 0 Å². The summed E-state index contributed by atoms with van der Waals surface area (Å²) in [5, 5.41) is 0. The normalized spacial score (nSPS) is 9.26. The predicted molar refractivity (Wildman–Crippen MR) is 69.1 cm³/mol. The minimum Gasteiger partial charge on any atom is -0.458 e. The molecule has 19 heavy (non-hydrogen) atoms. The van der Waals surface area contributed by atoms with Gasteiger partial charge in [0.2, 0.25) is 0 Å². The van der Waals surface area contributed by atoms with Crippen LogP contribution in [0.2, 0.25) is 0 Å². The molecule has 0 saturated heterocycles. The van der Waals surface area contributed by atoms with E-state index >= 15 is 0 Å². The molecule has 100 valence electrons. The number of hydrogen-bond acceptors (Lipinski definition) is 5. The van der Waals surface area contributed by atoms with Crippen LogP contribution in [0.3, 0.4) is 0 Å². The molecule has 1 aromatic rings. The Bertz CT molecular complexity index is 461. The smallest absolute Gasteiger partial charge is 0.458 e. The van der Waals surface area contributed by atoms with Crippen molar-refractivity contribution in [1.82, 2.24) is 0 Å². The maximum atomic E-state index is 11.5. The van der Waals surface area contributed by atoms with E-state index in [2.05, 4.69) is 17.9 Å². The summed E-state index contributed by atoms with van der Waals surface area (Å²) in [6.45, 7) is 7.06. The van der Waals surface area contributed by atoms with Crippen LogP contribution in [0.4, 0.5) is 4.79 Å². The number of carbonyl (C=O) groups is 2. The van der Waals surface area contributed by atoms with Crippen molar-refractivity contribution in [1.29, 1.82) is 0 Å². The van der Waals surface area contributed by atoms with Crippen LogP contribution in [-0.2, 0) is 9.47 Å². The van der Waals surface area contributed by atoms with Crippen LogP contribution in [0.5, 0.6) is 5.75 Å². The third-order valence-corrected chi connectivity index (χ3v) is 1.94. The SMILES string of the molecule is C=CCOC(=O)Oc1ccc(C(=O)OCC=C)cc1. The number of hydrogen-bond donors (Lipinski definition) is 0. The maximum Gasteiger partial charge on any atom is 0.514 e. The topological polar surface area (TPSA) is 61.8 Å². The molecule has 0 spiro atoms. The second-order valence-electron chi connectivity index (χ2n) is 3.36. The third-order valence-electron chi connectivity index (χ3n) is 1.94. The van der Waals surface area contributed by atoms with E-state index in [0.717, 1.165) is 0 Å². The van der Waals surface area contributed by atoms with Crippen LogP contribution < -0.4 is 4.74 Å². The van der Waals surface area contributed by atoms with Crippen molar-refractivity contribution in [2.24, 2.45) is 0 Å². The molecular weight excluding hydrogens is 248 g/mol. The van der Waals surface area contributed by atoms with Crippen LogP contribution in [-0.4, -0.2) is 25.3 Å². The van der Waals surface area contributed by atoms with Crippen molar-refractivity contribution in [3.05, 3.63) is 55.1 Å². The Morgan fingerprint density at radius 1 is 1.00 bits per heavy atom. The van der Waals surface area contributed by atoms with Crippen molar-refractivity contribution in [2.75, 3.05) is 13.2 Å². The Labute approximate surface area is 111 Å². The molecule has 0 aliphatic heterocycles. The van der Waals surface area contributed by atoms with E-state index in [4.69, 9.17) is 9.47 Å². The predicted octanol–water partition coefficient (Wildman–Crippen LogP) is 2.73. The summed E-state index contributed by atoms with van der Waals surface area (Å²) in [4.78, 5) is 22.6. The Morgan fingerprint density at radius 2 is 1.58 bits per heavy atom. The van der Waals surface area contributed by atoms with E-state index in [0.29, 0.717) is 5.56 Å². The van der Waals surface area contributed by atoms with Crippen molar-refractivity contribution in [3.63, 3.8) is 0 Å². The Balaban J connectivity index is 2.56. The Hall–Kier alpha value is -2.56. The van der Waals surface area contributed by atoms with Gasteiger partial charge in [0.15, 0.2) is 0 Å². The standard InChI is InChI=1S/C14H14O5/c1-3-9-17-13(15)11-5-7-12(8-6-11)19-14(16)18-10-4-2/h3-8H,1-2,9-10H2. The molecule has 0 radical (unpaired) electrons. The number of ether oxygens (including phenoxy) is 3. The molecule has 5 heteroatoms. The summed E-state index contributed by atoms with van der Waals surface area (Å²) in [7, 11) is 0. The number of carbonyl (C=O) groups excluding carboxylic acids is 2. The zero-order valence-electron chi connectivity index (χ0n) is 10.3. The molecule has 0 aliphatic rings. The van der Waals surface area contributed by atoms with Gasteiger partial charge >= 0.3 is 12.1 Å². The average molecular weight is 262 g/mol. The molecular formula is C14H14O5. The van der Waals surface area contributed by atoms with Gasteiger partial charge in [-0.05, 0) is 24.3 Å². The number of esters is 1. The lowest BCUT2D eigenvalue weighted by atomic mass is 10.2. The molecule has 1 aromatic carbocycles. The van der Waals surface area contributed by atoms with Gasteiger partial charge in [-0.1, -0.05) is 25.3 Å². The van der Waals surface area contributed by atoms with Crippen LogP contribution in [0.1, 0.15) is 10.4 Å². The zero-order valence-corrected chi connectivity index (χ0v) is 10.3. The van der Waals surface area contributed by atoms with Gasteiger partial charge in [0.05, 0.1) is 5.56 Å². The van der Waals surface area contributed by atoms with E-state index in [1.165, 1.54) is 36.4 Å². The van der Waals surface area contributed by atoms with E-state index in [1.54, 1.807) is 0 Å². The summed E-state index contributed by atoms with van der Waals surface area (Å²) >= 11 is 0. The molecule has 0 amide bonds. The Morgan fingerprint density at radius 3 is 2.16 bits per heavy atom. The molecule has 0 bridgehead atoms. The van der Waals surface area contributed by atoms with Gasteiger partial charge in [-0.3, -0.25) is 0 Å². The van der Waals surface area contributed by atoms with Crippen LogP contribution in [0.25, 0.3) is 0 Å². The third kappa shape index (κ3) is 5.08. The highest BCUT2D eigenvalue weighted by Gasteiger charge is 2.08. The highest BCUT2D eigenvalue weighted by molar-refractivity contribution is 5.89. The zero-order chi connectivity index (χ0) is 14.1. The van der Waals surface area contributed by atoms with Gasteiger partial charge < -0.3 is 14.2 Å². The van der Waals surface area contributed by atoms with Crippen molar-refractivity contribution < 1.29 is 23.8 Å². The lowest BCUT2D eigenvalue weighted by Gasteiger charge is -2.05. The van der Waals surface area contributed by atoms with Crippen molar-refractivity contribution in [2.45, 2.75) is 0 Å². The molecule has 0 N–H and O–H groups in total. The molecule has 0 aliphatic carbocycles. The summed E-state index contributed by atoms with van der Waals surface area (Å²) in [5.74, 6) is -0.199. The first-order valence-electron chi connectivity index (χ1n) is 5.51. The highest BCUT2D eigenvalue weighted by atomic mass is 16.7. The first kappa shape index (κ1) is 14.5. The van der Waals surface area contributed by atoms with E-state index < -0.39 is 12.1 Å². The summed E-state index contributed by atoms with van der Waals surface area (Å²) in [6.07, 6.45) is 2.08. The molecule has 1 rings (SSSR count). The van der Waals surface area contributed by atoms with Gasteiger partial charge in [0, 0.05) is 0 Å². The highest BCUT2D eigenvalue weighted by Crippen LogP contribution is 2.13. The average Bonchev–Trinajstić information content (AvgIpc) is 2.43. The molecule has 0 aromatic heterocycles. The summed E-state index contributed by atoms with van der Waals surface area (Å²) in [6, 6.07) is 5.92. The van der Waals surface area contributed by atoms with Crippen LogP contribution in [0, 0.1) is 0 Å². The Kier molecular flexibility index (Phi) is 5.88. The molecule has 0 heterocycles. The summed E-state index contributed by atoms with van der Waals surface area (Å²) < 4.78 is 14.3. The fraction of sp³-hybridized carbons (Fsp3) is 0.143. The fourth-order valence-electron chi connectivity index (χ4n) is 1.13. The largest absolute Gasteiger partial charge is 0.514 e. The van der Waals surface area contributed by atoms with E-state index in [9.17, 15) is 9.59 Å². The molecule has 0 saturated carbocycles. The number of benzene rings is 1. The maximum absolute atomic E-state index is 11.5. The first-order chi connectivity index (χ1) is 9.17. The van der Waals surface area contributed by atoms with E-state index in [1.807, 2.05) is 0 Å². The fourth-order valence-corrected chi connectivity index (χ4v) is 1.13.